The van der Waals surface area contributed by atoms with Gasteiger partial charge in [-0.2, -0.15) is 5.26 Å². The number of aliphatic hydroxyl groups is 1. The van der Waals surface area contributed by atoms with Gasteiger partial charge in [0.1, 0.15) is 16.8 Å². The van der Waals surface area contributed by atoms with Crippen LogP contribution >= 0.6 is 11.3 Å². The van der Waals surface area contributed by atoms with Gasteiger partial charge in [0, 0.05) is 23.1 Å². The molecule has 30 heavy (non-hydrogen) atoms. The van der Waals surface area contributed by atoms with E-state index >= 15 is 0 Å². The van der Waals surface area contributed by atoms with E-state index < -0.39 is 0 Å². The maximum Gasteiger partial charge on any atom is 0.249 e. The summed E-state index contributed by atoms with van der Waals surface area (Å²) in [7, 11) is 0. The van der Waals surface area contributed by atoms with E-state index in [1.54, 1.807) is 6.08 Å². The molecule has 1 amide bonds. The van der Waals surface area contributed by atoms with Gasteiger partial charge in [-0.15, -0.1) is 11.3 Å². The number of fused-ring (bicyclic) bond motifs is 1. The number of thiophene rings is 1. The van der Waals surface area contributed by atoms with E-state index in [4.69, 9.17) is 9.84 Å². The fourth-order valence-electron chi connectivity index (χ4n) is 3.64. The first kappa shape index (κ1) is 22.0. The molecule has 6 nitrogen and oxygen atoms in total. The first-order chi connectivity index (χ1) is 14.7. The number of amides is 1. The van der Waals surface area contributed by atoms with Gasteiger partial charge in [-0.3, -0.25) is 4.79 Å². The summed E-state index contributed by atoms with van der Waals surface area (Å²) in [6.07, 6.45) is 5.93. The van der Waals surface area contributed by atoms with E-state index in [0.29, 0.717) is 29.6 Å². The minimum absolute atomic E-state index is 0.133. The Bertz CT molecular complexity index is 946. The topological polar surface area (TPSA) is 94.4 Å². The molecule has 0 saturated carbocycles. The standard InChI is InChI=1S/C23H27N3O3S/c1-2-29-20-6-4-3-5-17(20)8-10-22(28)26-23-19(14-24)18-9-7-16(13-21(18)30-23)15-25-11-12-27/h3-6,8,10,16,25,27H,2,7,9,11-13,15H2,1H3,(H,26,28)/b10-8+. The molecule has 1 heterocycles. The van der Waals surface area contributed by atoms with Crippen molar-refractivity contribution in [2.45, 2.75) is 26.2 Å². The van der Waals surface area contributed by atoms with Gasteiger partial charge in [-0.05, 0) is 56.4 Å². The monoisotopic (exact) mass is 425 g/mol. The maximum absolute atomic E-state index is 12.5. The van der Waals surface area contributed by atoms with Crippen molar-refractivity contribution < 1.29 is 14.6 Å². The third kappa shape index (κ3) is 5.48. The number of rotatable bonds is 9. The van der Waals surface area contributed by atoms with Gasteiger partial charge in [0.15, 0.2) is 0 Å². The lowest BCUT2D eigenvalue weighted by Crippen LogP contribution is -2.28. The van der Waals surface area contributed by atoms with Crippen LogP contribution in [0.1, 0.15) is 34.9 Å². The Balaban J connectivity index is 1.69. The molecule has 0 fully saturated rings. The van der Waals surface area contributed by atoms with Crippen LogP contribution in [0.2, 0.25) is 0 Å². The number of nitrogens with zero attached hydrogens (tertiary/aromatic N) is 1. The maximum atomic E-state index is 12.5. The molecule has 0 spiro atoms. The summed E-state index contributed by atoms with van der Waals surface area (Å²) in [5, 5.41) is 25.3. The average Bonchev–Trinajstić information content (AvgIpc) is 3.09. The molecule has 0 radical (unpaired) electrons. The average molecular weight is 426 g/mol. The zero-order valence-electron chi connectivity index (χ0n) is 17.1. The van der Waals surface area contributed by atoms with Crippen LogP contribution in [0, 0.1) is 17.2 Å². The molecule has 158 valence electrons. The summed E-state index contributed by atoms with van der Waals surface area (Å²) in [4.78, 5) is 13.7. The third-order valence-corrected chi connectivity index (χ3v) is 6.24. The fourth-order valence-corrected chi connectivity index (χ4v) is 4.96. The smallest absolute Gasteiger partial charge is 0.249 e. The predicted octanol–water partition coefficient (Wildman–Crippen LogP) is 3.36. The highest BCUT2D eigenvalue weighted by atomic mass is 32.1. The predicted molar refractivity (Wildman–Crippen MR) is 120 cm³/mol. The summed E-state index contributed by atoms with van der Waals surface area (Å²) in [6, 6.07) is 9.83. The number of aliphatic hydroxyl groups excluding tert-OH is 1. The normalized spacial score (nSPS) is 15.6. The molecule has 1 aliphatic carbocycles. The lowest BCUT2D eigenvalue weighted by Gasteiger charge is -2.22. The van der Waals surface area contributed by atoms with Crippen molar-refractivity contribution in [3.8, 4) is 11.8 Å². The molecule has 7 heteroatoms. The minimum atomic E-state index is -0.266. The van der Waals surface area contributed by atoms with Gasteiger partial charge in [0.05, 0.1) is 18.8 Å². The number of ether oxygens (including phenoxy) is 1. The zero-order chi connectivity index (χ0) is 21.3. The van der Waals surface area contributed by atoms with Gasteiger partial charge in [-0.25, -0.2) is 0 Å². The van der Waals surface area contributed by atoms with Crippen LogP contribution < -0.4 is 15.4 Å². The van der Waals surface area contributed by atoms with Crippen molar-refractivity contribution in [3.63, 3.8) is 0 Å². The van der Waals surface area contributed by atoms with Crippen LogP contribution in [0.3, 0.4) is 0 Å². The number of anilines is 1. The van der Waals surface area contributed by atoms with Crippen molar-refractivity contribution in [1.82, 2.24) is 5.32 Å². The Morgan fingerprint density at radius 3 is 3.03 bits per heavy atom. The minimum Gasteiger partial charge on any atom is -0.493 e. The van der Waals surface area contributed by atoms with Gasteiger partial charge in [0.2, 0.25) is 5.91 Å². The molecule has 1 unspecified atom stereocenters. The third-order valence-electron chi connectivity index (χ3n) is 5.07. The summed E-state index contributed by atoms with van der Waals surface area (Å²) in [5.74, 6) is 0.944. The lowest BCUT2D eigenvalue weighted by molar-refractivity contribution is -0.111. The van der Waals surface area contributed by atoms with E-state index in [2.05, 4.69) is 16.7 Å². The molecule has 0 bridgehead atoms. The molecule has 0 aliphatic heterocycles. The number of hydrogen-bond acceptors (Lipinski definition) is 6. The lowest BCUT2D eigenvalue weighted by atomic mass is 9.87. The molecular formula is C23H27N3O3S. The number of hydrogen-bond donors (Lipinski definition) is 3. The van der Waals surface area contributed by atoms with Crippen molar-refractivity contribution in [3.05, 3.63) is 51.9 Å². The molecule has 3 rings (SSSR count). The van der Waals surface area contributed by atoms with Crippen LogP contribution in [-0.2, 0) is 17.6 Å². The van der Waals surface area contributed by atoms with Gasteiger partial charge >= 0.3 is 0 Å². The van der Waals surface area contributed by atoms with E-state index in [1.807, 2.05) is 31.2 Å². The number of para-hydroxylation sites is 1. The summed E-state index contributed by atoms with van der Waals surface area (Å²) in [5.41, 5.74) is 2.49. The Kier molecular flexibility index (Phi) is 8.03. The molecule has 1 aromatic carbocycles. The Morgan fingerprint density at radius 1 is 1.43 bits per heavy atom. The van der Waals surface area contributed by atoms with Crippen LogP contribution in [0.4, 0.5) is 5.00 Å². The fraction of sp³-hybridized carbons (Fsp3) is 0.391. The zero-order valence-corrected chi connectivity index (χ0v) is 17.9. The van der Waals surface area contributed by atoms with Gasteiger partial charge in [-0.1, -0.05) is 18.2 Å². The van der Waals surface area contributed by atoms with Crippen molar-refractivity contribution in [2.24, 2.45) is 5.92 Å². The number of carbonyl (C=O) groups excluding carboxylic acids is 1. The number of benzene rings is 1. The molecular weight excluding hydrogens is 398 g/mol. The quantitative estimate of drug-likeness (QED) is 0.423. The molecule has 1 atom stereocenters. The van der Waals surface area contributed by atoms with Crippen LogP contribution in [-0.4, -0.2) is 37.3 Å². The largest absolute Gasteiger partial charge is 0.493 e. The Hall–Kier alpha value is -2.66. The van der Waals surface area contributed by atoms with Gasteiger partial charge in [0.25, 0.3) is 0 Å². The summed E-state index contributed by atoms with van der Waals surface area (Å²) >= 11 is 1.50. The van der Waals surface area contributed by atoms with Crippen molar-refractivity contribution in [1.29, 1.82) is 5.26 Å². The van der Waals surface area contributed by atoms with E-state index in [1.165, 1.54) is 22.3 Å². The molecule has 0 saturated heterocycles. The number of nitriles is 1. The second-order valence-electron chi connectivity index (χ2n) is 7.15. The first-order valence-corrected chi connectivity index (χ1v) is 11.0. The molecule has 1 aromatic heterocycles. The molecule has 2 aromatic rings. The second kappa shape index (κ2) is 10.9. The van der Waals surface area contributed by atoms with Crippen molar-refractivity contribution in [2.75, 3.05) is 31.6 Å². The Morgan fingerprint density at radius 2 is 2.27 bits per heavy atom. The van der Waals surface area contributed by atoms with Crippen LogP contribution in [0.15, 0.2) is 30.3 Å². The van der Waals surface area contributed by atoms with E-state index in [9.17, 15) is 10.1 Å². The summed E-state index contributed by atoms with van der Waals surface area (Å²) < 4.78 is 5.58. The van der Waals surface area contributed by atoms with Crippen LogP contribution in [0.25, 0.3) is 6.08 Å². The Labute approximate surface area is 181 Å². The summed E-state index contributed by atoms with van der Waals surface area (Å²) in [6.45, 7) is 4.05. The highest BCUT2D eigenvalue weighted by molar-refractivity contribution is 7.16. The highest BCUT2D eigenvalue weighted by Crippen LogP contribution is 2.39. The van der Waals surface area contributed by atoms with Crippen LogP contribution in [0.5, 0.6) is 5.75 Å². The number of carbonyl (C=O) groups is 1. The second-order valence-corrected chi connectivity index (χ2v) is 8.25. The number of nitrogens with one attached hydrogen (secondary N) is 2. The first-order valence-electron chi connectivity index (χ1n) is 10.2. The highest BCUT2D eigenvalue weighted by Gasteiger charge is 2.26. The van der Waals surface area contributed by atoms with Crippen molar-refractivity contribution >= 4 is 28.3 Å². The van der Waals surface area contributed by atoms with E-state index in [-0.39, 0.29) is 12.5 Å². The van der Waals surface area contributed by atoms with Gasteiger partial charge < -0.3 is 20.5 Å². The molecule has 3 N–H and O–H groups in total. The van der Waals surface area contributed by atoms with E-state index in [0.717, 1.165) is 42.7 Å². The SMILES string of the molecule is CCOc1ccccc1/C=C/C(=O)Nc1sc2c(c1C#N)CCC(CNCCO)C2. The molecule has 1 aliphatic rings.